The summed E-state index contributed by atoms with van der Waals surface area (Å²) in [7, 11) is 3.73. The maximum Gasteiger partial charge on any atom is 0.131 e. The number of benzene rings is 1. The largest absolute Gasteiger partial charge is 0.497 e. The third-order valence-corrected chi connectivity index (χ3v) is 3.32. The highest BCUT2D eigenvalue weighted by molar-refractivity contribution is 5.47. The number of rotatable bonds is 6. The van der Waals surface area contributed by atoms with Crippen LogP contribution in [0, 0.1) is 0 Å². The molecule has 2 N–H and O–H groups in total. The van der Waals surface area contributed by atoms with Gasteiger partial charge in [-0.25, -0.2) is 4.98 Å². The summed E-state index contributed by atoms with van der Waals surface area (Å²) in [5.74, 6) is 1.86. The van der Waals surface area contributed by atoms with Crippen molar-refractivity contribution >= 4 is 5.82 Å². The molecule has 21 heavy (non-hydrogen) atoms. The van der Waals surface area contributed by atoms with Crippen LogP contribution in [0.4, 0.5) is 5.82 Å². The SMILES string of the molecule is COc1cccc(CN(C)c2ncccc2CC(C)N)c1. The van der Waals surface area contributed by atoms with Gasteiger partial charge in [0.2, 0.25) is 0 Å². The smallest absolute Gasteiger partial charge is 0.131 e. The first-order chi connectivity index (χ1) is 10.1. The van der Waals surface area contributed by atoms with E-state index in [0.717, 1.165) is 24.5 Å². The van der Waals surface area contributed by atoms with Crippen LogP contribution < -0.4 is 15.4 Å². The van der Waals surface area contributed by atoms with Crippen molar-refractivity contribution in [2.75, 3.05) is 19.1 Å². The Kier molecular flexibility index (Phi) is 5.17. The first-order valence-corrected chi connectivity index (χ1v) is 7.13. The highest BCUT2D eigenvalue weighted by atomic mass is 16.5. The zero-order valence-corrected chi connectivity index (χ0v) is 12.9. The van der Waals surface area contributed by atoms with Crippen LogP contribution in [0.25, 0.3) is 0 Å². The van der Waals surface area contributed by atoms with Crippen LogP contribution in [0.5, 0.6) is 5.75 Å². The van der Waals surface area contributed by atoms with Crippen molar-refractivity contribution in [2.24, 2.45) is 5.73 Å². The van der Waals surface area contributed by atoms with Crippen molar-refractivity contribution in [3.05, 3.63) is 53.7 Å². The molecule has 1 aromatic heterocycles. The Bertz CT molecular complexity index is 584. The molecule has 0 spiro atoms. The summed E-state index contributed by atoms with van der Waals surface area (Å²) in [4.78, 5) is 6.65. The molecule has 4 nitrogen and oxygen atoms in total. The van der Waals surface area contributed by atoms with Gasteiger partial charge in [0.15, 0.2) is 0 Å². The average molecular weight is 285 g/mol. The van der Waals surface area contributed by atoms with Crippen LogP contribution in [0.3, 0.4) is 0 Å². The van der Waals surface area contributed by atoms with E-state index >= 15 is 0 Å². The van der Waals surface area contributed by atoms with Crippen molar-refractivity contribution in [3.63, 3.8) is 0 Å². The lowest BCUT2D eigenvalue weighted by atomic mass is 10.1. The van der Waals surface area contributed by atoms with Gasteiger partial charge in [-0.05, 0) is 42.7 Å². The van der Waals surface area contributed by atoms with Gasteiger partial charge in [0.25, 0.3) is 0 Å². The molecule has 0 aliphatic heterocycles. The first kappa shape index (κ1) is 15.3. The zero-order valence-electron chi connectivity index (χ0n) is 12.9. The van der Waals surface area contributed by atoms with Crippen LogP contribution >= 0.6 is 0 Å². The lowest BCUT2D eigenvalue weighted by molar-refractivity contribution is 0.414. The van der Waals surface area contributed by atoms with E-state index in [0.29, 0.717) is 0 Å². The Morgan fingerprint density at radius 1 is 1.29 bits per heavy atom. The highest BCUT2D eigenvalue weighted by Crippen LogP contribution is 2.21. The summed E-state index contributed by atoms with van der Waals surface area (Å²) in [6, 6.07) is 12.3. The number of hydrogen-bond acceptors (Lipinski definition) is 4. The van der Waals surface area contributed by atoms with Crippen molar-refractivity contribution in [1.82, 2.24) is 4.98 Å². The van der Waals surface area contributed by atoms with E-state index in [1.165, 1.54) is 11.1 Å². The molecule has 4 heteroatoms. The minimum atomic E-state index is 0.123. The molecule has 1 unspecified atom stereocenters. The molecule has 1 atom stereocenters. The van der Waals surface area contributed by atoms with E-state index in [1.807, 2.05) is 44.4 Å². The van der Waals surface area contributed by atoms with Gasteiger partial charge < -0.3 is 15.4 Å². The summed E-state index contributed by atoms with van der Waals surface area (Å²) in [6.45, 7) is 2.79. The second-order valence-corrected chi connectivity index (χ2v) is 5.38. The molecule has 2 rings (SSSR count). The maximum absolute atomic E-state index is 5.92. The van der Waals surface area contributed by atoms with E-state index in [9.17, 15) is 0 Å². The number of hydrogen-bond donors (Lipinski definition) is 1. The van der Waals surface area contributed by atoms with Crippen molar-refractivity contribution in [2.45, 2.75) is 25.9 Å². The molecule has 112 valence electrons. The third-order valence-electron chi connectivity index (χ3n) is 3.32. The summed E-state index contributed by atoms with van der Waals surface area (Å²) < 4.78 is 5.27. The van der Waals surface area contributed by atoms with Crippen LogP contribution in [-0.4, -0.2) is 25.2 Å². The second-order valence-electron chi connectivity index (χ2n) is 5.38. The topological polar surface area (TPSA) is 51.4 Å². The van der Waals surface area contributed by atoms with Gasteiger partial charge in [-0.3, -0.25) is 0 Å². The molecule has 0 aliphatic carbocycles. The van der Waals surface area contributed by atoms with Crippen LogP contribution in [0.1, 0.15) is 18.1 Å². The highest BCUT2D eigenvalue weighted by Gasteiger charge is 2.11. The summed E-state index contributed by atoms with van der Waals surface area (Å²) in [5.41, 5.74) is 8.29. The van der Waals surface area contributed by atoms with Crippen LogP contribution in [0.2, 0.25) is 0 Å². The van der Waals surface area contributed by atoms with E-state index in [2.05, 4.69) is 22.0 Å². The van der Waals surface area contributed by atoms with Crippen LogP contribution in [-0.2, 0) is 13.0 Å². The molecule has 1 heterocycles. The van der Waals surface area contributed by atoms with Gasteiger partial charge in [0.1, 0.15) is 11.6 Å². The van der Waals surface area contributed by atoms with Crippen molar-refractivity contribution in [1.29, 1.82) is 0 Å². The Labute approximate surface area is 126 Å². The number of anilines is 1. The maximum atomic E-state index is 5.92. The van der Waals surface area contributed by atoms with Crippen molar-refractivity contribution < 1.29 is 4.74 Å². The summed E-state index contributed by atoms with van der Waals surface area (Å²) >= 11 is 0. The molecule has 0 amide bonds. The van der Waals surface area contributed by atoms with Gasteiger partial charge in [-0.2, -0.15) is 0 Å². The number of pyridine rings is 1. The number of methoxy groups -OCH3 is 1. The number of aromatic nitrogens is 1. The monoisotopic (exact) mass is 285 g/mol. The Morgan fingerprint density at radius 2 is 2.10 bits per heavy atom. The Morgan fingerprint density at radius 3 is 2.81 bits per heavy atom. The molecule has 0 aliphatic rings. The van der Waals surface area contributed by atoms with Crippen molar-refractivity contribution in [3.8, 4) is 5.75 Å². The van der Waals surface area contributed by atoms with E-state index in [1.54, 1.807) is 7.11 Å². The average Bonchev–Trinajstić information content (AvgIpc) is 2.47. The fraction of sp³-hybridized carbons (Fsp3) is 0.353. The molecular weight excluding hydrogens is 262 g/mol. The number of nitrogens with two attached hydrogens (primary N) is 1. The minimum absolute atomic E-state index is 0.123. The lowest BCUT2D eigenvalue weighted by Crippen LogP contribution is -2.23. The number of nitrogens with zero attached hydrogens (tertiary/aromatic N) is 2. The predicted octanol–water partition coefficient (Wildman–Crippen LogP) is 2.62. The molecule has 0 bridgehead atoms. The summed E-state index contributed by atoms with van der Waals surface area (Å²) in [5, 5.41) is 0. The quantitative estimate of drug-likeness (QED) is 0.886. The van der Waals surface area contributed by atoms with E-state index < -0.39 is 0 Å². The van der Waals surface area contributed by atoms with E-state index in [4.69, 9.17) is 10.5 Å². The lowest BCUT2D eigenvalue weighted by Gasteiger charge is -2.22. The van der Waals surface area contributed by atoms with E-state index in [-0.39, 0.29) is 6.04 Å². The Hall–Kier alpha value is -2.07. The van der Waals surface area contributed by atoms with Crippen LogP contribution in [0.15, 0.2) is 42.6 Å². The van der Waals surface area contributed by atoms with Gasteiger partial charge in [0, 0.05) is 25.8 Å². The third kappa shape index (κ3) is 4.20. The zero-order chi connectivity index (χ0) is 15.2. The summed E-state index contributed by atoms with van der Waals surface area (Å²) in [6.07, 6.45) is 2.65. The molecule has 2 aromatic rings. The number of ether oxygens (including phenoxy) is 1. The van der Waals surface area contributed by atoms with Gasteiger partial charge >= 0.3 is 0 Å². The molecule has 0 radical (unpaired) electrons. The normalized spacial score (nSPS) is 12.0. The predicted molar refractivity (Wildman–Crippen MR) is 86.7 cm³/mol. The molecule has 0 fully saturated rings. The molecule has 0 saturated carbocycles. The first-order valence-electron chi connectivity index (χ1n) is 7.13. The fourth-order valence-electron chi connectivity index (χ4n) is 2.40. The van der Waals surface area contributed by atoms with Gasteiger partial charge in [0.05, 0.1) is 7.11 Å². The standard InChI is InChI=1S/C17H23N3O/c1-13(18)10-15-7-5-9-19-17(15)20(2)12-14-6-4-8-16(11-14)21-3/h4-9,11,13H,10,12,18H2,1-3H3. The molecular formula is C17H23N3O. The van der Waals surface area contributed by atoms with Gasteiger partial charge in [-0.15, -0.1) is 0 Å². The Balaban J connectivity index is 2.17. The fourth-order valence-corrected chi connectivity index (χ4v) is 2.40. The second kappa shape index (κ2) is 7.09. The minimum Gasteiger partial charge on any atom is -0.497 e. The van der Waals surface area contributed by atoms with Gasteiger partial charge in [-0.1, -0.05) is 18.2 Å². The molecule has 0 saturated heterocycles. The molecule has 1 aromatic carbocycles.